The Morgan fingerprint density at radius 2 is 1.75 bits per heavy atom. The van der Waals surface area contributed by atoms with Crippen LogP contribution in [0.1, 0.15) is 39.5 Å². The van der Waals surface area contributed by atoms with E-state index in [1.54, 1.807) is 0 Å². The summed E-state index contributed by atoms with van der Waals surface area (Å²) in [4.78, 5) is 4.82. The van der Waals surface area contributed by atoms with Crippen LogP contribution in [0.3, 0.4) is 0 Å². The summed E-state index contributed by atoms with van der Waals surface area (Å²) in [6, 6.07) is 0.771. The third-order valence-electron chi connectivity index (χ3n) is 4.57. The molecule has 0 spiro atoms. The first-order chi connectivity index (χ1) is 7.59. The van der Waals surface area contributed by atoms with Crippen molar-refractivity contribution >= 4 is 0 Å². The molecule has 2 rings (SSSR count). The lowest BCUT2D eigenvalue weighted by Gasteiger charge is -2.37. The van der Waals surface area contributed by atoms with Crippen LogP contribution in [0.2, 0.25) is 0 Å². The first-order valence-corrected chi connectivity index (χ1v) is 6.76. The van der Waals surface area contributed by atoms with Gasteiger partial charge in [0.05, 0.1) is 5.82 Å². The van der Waals surface area contributed by atoms with Gasteiger partial charge in [-0.05, 0) is 37.5 Å². The summed E-state index contributed by atoms with van der Waals surface area (Å²) in [7, 11) is 2.15. The molecule has 1 heterocycles. The van der Waals surface area contributed by atoms with E-state index in [9.17, 15) is 0 Å². The molecule has 1 saturated carbocycles. The molecule has 16 heavy (non-hydrogen) atoms. The predicted molar refractivity (Wildman–Crippen MR) is 69.1 cm³/mol. The summed E-state index contributed by atoms with van der Waals surface area (Å²) < 4.78 is 0. The van der Waals surface area contributed by atoms with Gasteiger partial charge in [-0.2, -0.15) is 0 Å². The number of likely N-dealkylation sites (N-methyl/N-ethyl adjacent to an activating group) is 1. The van der Waals surface area contributed by atoms with Crippen LogP contribution in [-0.4, -0.2) is 36.0 Å². The Labute approximate surface area is 100 Å². The van der Waals surface area contributed by atoms with Gasteiger partial charge >= 0.3 is 0 Å². The zero-order valence-corrected chi connectivity index (χ0v) is 11.1. The summed E-state index contributed by atoms with van der Waals surface area (Å²) in [5.74, 6) is 3.07. The van der Waals surface area contributed by atoms with Crippen molar-refractivity contribution in [2.24, 2.45) is 11.8 Å². The van der Waals surface area contributed by atoms with Gasteiger partial charge in [-0.1, -0.05) is 20.4 Å². The Kier molecular flexibility index (Phi) is 3.46. The fourth-order valence-corrected chi connectivity index (χ4v) is 3.21. The lowest BCUT2D eigenvalue weighted by atomic mass is 9.79. The second-order valence-corrected chi connectivity index (χ2v) is 5.84. The molecule has 0 aromatic heterocycles. The standard InChI is InChI=1S/C14H26N2/c1-11(2)13-5-7-14(8-6-13)16-10-9-15(4)12(16)3/h11,13-14H,3,5-10H2,1-2,4H3. The number of nitrogens with zero attached hydrogens (tertiary/aromatic N) is 2. The van der Waals surface area contributed by atoms with Crippen LogP contribution >= 0.6 is 0 Å². The highest BCUT2D eigenvalue weighted by Crippen LogP contribution is 2.34. The fourth-order valence-electron chi connectivity index (χ4n) is 3.21. The van der Waals surface area contributed by atoms with Crippen LogP contribution in [0.15, 0.2) is 12.4 Å². The van der Waals surface area contributed by atoms with E-state index in [1.165, 1.54) is 38.0 Å². The van der Waals surface area contributed by atoms with Gasteiger partial charge in [0.25, 0.3) is 0 Å². The highest BCUT2D eigenvalue weighted by Gasteiger charge is 2.31. The molecular weight excluding hydrogens is 196 g/mol. The van der Waals surface area contributed by atoms with E-state index in [1.807, 2.05) is 0 Å². The van der Waals surface area contributed by atoms with Crippen LogP contribution in [0, 0.1) is 11.8 Å². The normalized spacial score (nSPS) is 31.6. The van der Waals surface area contributed by atoms with E-state index in [0.29, 0.717) is 0 Å². The van der Waals surface area contributed by atoms with Crippen molar-refractivity contribution < 1.29 is 0 Å². The Balaban J connectivity index is 1.87. The summed E-state index contributed by atoms with van der Waals surface area (Å²) in [5, 5.41) is 0. The molecule has 1 aliphatic heterocycles. The van der Waals surface area contributed by atoms with Gasteiger partial charge in [-0.3, -0.25) is 0 Å². The summed E-state index contributed by atoms with van der Waals surface area (Å²) in [6.45, 7) is 11.3. The van der Waals surface area contributed by atoms with E-state index < -0.39 is 0 Å². The molecular formula is C14H26N2. The van der Waals surface area contributed by atoms with Crippen LogP contribution in [0.4, 0.5) is 0 Å². The SMILES string of the molecule is C=C1N(C)CCN1C1CCC(C(C)C)CC1. The van der Waals surface area contributed by atoms with Crippen molar-refractivity contribution in [1.82, 2.24) is 9.80 Å². The second kappa shape index (κ2) is 4.68. The molecule has 0 bridgehead atoms. The molecule has 1 aliphatic carbocycles. The van der Waals surface area contributed by atoms with Crippen LogP contribution < -0.4 is 0 Å². The topological polar surface area (TPSA) is 6.48 Å². The van der Waals surface area contributed by atoms with Crippen LogP contribution in [0.5, 0.6) is 0 Å². The van der Waals surface area contributed by atoms with Gasteiger partial charge in [0, 0.05) is 26.2 Å². The van der Waals surface area contributed by atoms with Crippen molar-refractivity contribution in [2.75, 3.05) is 20.1 Å². The van der Waals surface area contributed by atoms with Crippen molar-refractivity contribution in [1.29, 1.82) is 0 Å². The first kappa shape index (κ1) is 11.8. The largest absolute Gasteiger partial charge is 0.360 e. The Hall–Kier alpha value is -0.660. The van der Waals surface area contributed by atoms with E-state index in [2.05, 4.69) is 37.3 Å². The van der Waals surface area contributed by atoms with E-state index in [0.717, 1.165) is 24.4 Å². The minimum Gasteiger partial charge on any atom is -0.360 e. The summed E-state index contributed by atoms with van der Waals surface area (Å²) in [6.07, 6.45) is 5.57. The third kappa shape index (κ3) is 2.21. The monoisotopic (exact) mass is 222 g/mol. The molecule has 0 N–H and O–H groups in total. The molecule has 2 fully saturated rings. The van der Waals surface area contributed by atoms with Crippen LogP contribution in [0.25, 0.3) is 0 Å². The van der Waals surface area contributed by atoms with Crippen molar-refractivity contribution in [2.45, 2.75) is 45.6 Å². The highest BCUT2D eigenvalue weighted by molar-refractivity contribution is 5.02. The number of hydrogen-bond donors (Lipinski definition) is 0. The minimum absolute atomic E-state index is 0.771. The molecule has 0 amide bonds. The Morgan fingerprint density at radius 1 is 1.12 bits per heavy atom. The Bertz CT molecular complexity index is 251. The van der Waals surface area contributed by atoms with Crippen molar-refractivity contribution in [3.05, 3.63) is 12.4 Å². The second-order valence-electron chi connectivity index (χ2n) is 5.84. The van der Waals surface area contributed by atoms with E-state index >= 15 is 0 Å². The molecule has 0 unspecified atom stereocenters. The van der Waals surface area contributed by atoms with Crippen LogP contribution in [-0.2, 0) is 0 Å². The van der Waals surface area contributed by atoms with Gasteiger partial charge in [-0.25, -0.2) is 0 Å². The molecule has 2 nitrogen and oxygen atoms in total. The lowest BCUT2D eigenvalue weighted by Crippen LogP contribution is -2.36. The first-order valence-electron chi connectivity index (χ1n) is 6.76. The Morgan fingerprint density at radius 3 is 2.19 bits per heavy atom. The smallest absolute Gasteiger partial charge is 0.0966 e. The quantitative estimate of drug-likeness (QED) is 0.709. The van der Waals surface area contributed by atoms with Gasteiger partial charge in [-0.15, -0.1) is 0 Å². The summed E-state index contributed by atoms with van der Waals surface area (Å²) in [5.41, 5.74) is 0. The lowest BCUT2D eigenvalue weighted by molar-refractivity contribution is 0.163. The van der Waals surface area contributed by atoms with Crippen molar-refractivity contribution in [3.63, 3.8) is 0 Å². The van der Waals surface area contributed by atoms with E-state index in [4.69, 9.17) is 0 Å². The minimum atomic E-state index is 0.771. The maximum absolute atomic E-state index is 4.20. The average molecular weight is 222 g/mol. The van der Waals surface area contributed by atoms with Gasteiger partial charge in [0.1, 0.15) is 0 Å². The molecule has 92 valence electrons. The number of hydrogen-bond acceptors (Lipinski definition) is 2. The van der Waals surface area contributed by atoms with Gasteiger partial charge < -0.3 is 9.80 Å². The fraction of sp³-hybridized carbons (Fsp3) is 0.857. The molecule has 0 aromatic carbocycles. The maximum atomic E-state index is 4.20. The predicted octanol–water partition coefficient (Wildman–Crippen LogP) is 2.92. The average Bonchev–Trinajstić information content (AvgIpc) is 2.60. The maximum Gasteiger partial charge on any atom is 0.0966 e. The summed E-state index contributed by atoms with van der Waals surface area (Å²) >= 11 is 0. The molecule has 0 aromatic rings. The molecule has 2 heteroatoms. The zero-order chi connectivity index (χ0) is 11.7. The van der Waals surface area contributed by atoms with Gasteiger partial charge in [0.2, 0.25) is 0 Å². The molecule has 1 saturated heterocycles. The molecule has 2 aliphatic rings. The molecule has 0 atom stereocenters. The zero-order valence-electron chi connectivity index (χ0n) is 11.1. The van der Waals surface area contributed by atoms with E-state index in [-0.39, 0.29) is 0 Å². The highest BCUT2D eigenvalue weighted by atomic mass is 15.4. The van der Waals surface area contributed by atoms with Crippen molar-refractivity contribution in [3.8, 4) is 0 Å². The third-order valence-corrected chi connectivity index (χ3v) is 4.57. The van der Waals surface area contributed by atoms with Gasteiger partial charge in [0.15, 0.2) is 0 Å². The molecule has 0 radical (unpaired) electrons. The number of rotatable bonds is 2.